The third-order valence-electron chi connectivity index (χ3n) is 6.31. The van der Waals surface area contributed by atoms with Gasteiger partial charge >= 0.3 is 0 Å². The summed E-state index contributed by atoms with van der Waals surface area (Å²) >= 11 is 0. The quantitative estimate of drug-likeness (QED) is 0.849. The van der Waals surface area contributed by atoms with Gasteiger partial charge in [0, 0.05) is 30.6 Å². The predicted molar refractivity (Wildman–Crippen MR) is 104 cm³/mol. The molecule has 27 heavy (non-hydrogen) atoms. The summed E-state index contributed by atoms with van der Waals surface area (Å²) in [5.74, 6) is 0.407. The van der Waals surface area contributed by atoms with Crippen LogP contribution in [0.4, 0.5) is 5.82 Å². The van der Waals surface area contributed by atoms with E-state index in [2.05, 4.69) is 15.5 Å². The molecule has 0 saturated heterocycles. The number of carbonyl (C=O) groups is 1. The zero-order chi connectivity index (χ0) is 19.1. The van der Waals surface area contributed by atoms with Crippen LogP contribution < -0.4 is 10.9 Å². The molecular weight excluding hydrogens is 342 g/mol. The van der Waals surface area contributed by atoms with Gasteiger partial charge in [0.15, 0.2) is 0 Å². The SMILES string of the molecule is Cc1nn(C)c(C)c1[C@@H]1CC(=O)Nc2c1c(=O)[nH]n2C1CCCCCCC1. The van der Waals surface area contributed by atoms with Gasteiger partial charge in [-0.2, -0.15) is 5.10 Å². The number of hydrogen-bond donors (Lipinski definition) is 2. The van der Waals surface area contributed by atoms with Gasteiger partial charge in [-0.15, -0.1) is 0 Å². The Kier molecular flexibility index (Phi) is 4.70. The molecule has 0 spiro atoms. The van der Waals surface area contributed by atoms with Crippen molar-refractivity contribution in [1.82, 2.24) is 19.6 Å². The van der Waals surface area contributed by atoms with Crippen molar-refractivity contribution in [3.8, 4) is 0 Å². The van der Waals surface area contributed by atoms with Crippen LogP contribution in [0.5, 0.6) is 0 Å². The number of nitrogens with zero attached hydrogens (tertiary/aromatic N) is 3. The van der Waals surface area contributed by atoms with Crippen LogP contribution in [0.2, 0.25) is 0 Å². The molecule has 2 N–H and O–H groups in total. The van der Waals surface area contributed by atoms with Crippen molar-refractivity contribution in [2.24, 2.45) is 7.05 Å². The zero-order valence-corrected chi connectivity index (χ0v) is 16.5. The minimum atomic E-state index is -0.235. The first-order valence-corrected chi connectivity index (χ1v) is 10.1. The van der Waals surface area contributed by atoms with Gasteiger partial charge in [0.25, 0.3) is 5.56 Å². The summed E-state index contributed by atoms with van der Waals surface area (Å²) in [6.45, 7) is 3.95. The molecule has 1 amide bonds. The average Bonchev–Trinajstić information content (AvgIpc) is 3.03. The van der Waals surface area contributed by atoms with Crippen molar-refractivity contribution < 1.29 is 4.79 Å². The molecule has 7 nitrogen and oxygen atoms in total. The van der Waals surface area contributed by atoms with Gasteiger partial charge in [-0.25, -0.2) is 0 Å². The highest BCUT2D eigenvalue weighted by atomic mass is 16.2. The maximum atomic E-state index is 12.9. The normalized spacial score (nSPS) is 21.4. The molecule has 2 aromatic heterocycles. The number of H-pyrrole nitrogens is 1. The lowest BCUT2D eigenvalue weighted by Gasteiger charge is -2.27. The van der Waals surface area contributed by atoms with Crippen molar-refractivity contribution in [2.75, 3.05) is 5.32 Å². The maximum Gasteiger partial charge on any atom is 0.270 e. The molecule has 0 bridgehead atoms. The summed E-state index contributed by atoms with van der Waals surface area (Å²) in [4.78, 5) is 25.5. The first-order valence-electron chi connectivity index (χ1n) is 10.1. The van der Waals surface area contributed by atoms with E-state index in [1.54, 1.807) is 0 Å². The van der Waals surface area contributed by atoms with E-state index in [1.165, 1.54) is 19.3 Å². The Balaban J connectivity index is 1.80. The van der Waals surface area contributed by atoms with Crippen molar-refractivity contribution >= 4 is 11.7 Å². The summed E-state index contributed by atoms with van der Waals surface area (Å²) in [7, 11) is 1.90. The average molecular weight is 371 g/mol. The molecule has 7 heteroatoms. The monoisotopic (exact) mass is 371 g/mol. The molecule has 0 unspecified atom stereocenters. The van der Waals surface area contributed by atoms with Gasteiger partial charge in [-0.05, 0) is 26.7 Å². The Labute approximate surface area is 159 Å². The summed E-state index contributed by atoms with van der Waals surface area (Å²) in [6.07, 6.45) is 8.49. The lowest BCUT2D eigenvalue weighted by molar-refractivity contribution is -0.116. The van der Waals surface area contributed by atoms with Crippen LogP contribution >= 0.6 is 0 Å². The third kappa shape index (κ3) is 3.13. The number of fused-ring (bicyclic) bond motifs is 1. The highest BCUT2D eigenvalue weighted by Crippen LogP contribution is 2.39. The van der Waals surface area contributed by atoms with Gasteiger partial charge in [0.2, 0.25) is 5.91 Å². The molecule has 2 aromatic rings. The van der Waals surface area contributed by atoms with Crippen LogP contribution in [0.15, 0.2) is 4.79 Å². The molecule has 1 atom stereocenters. The molecule has 3 heterocycles. The third-order valence-corrected chi connectivity index (χ3v) is 6.31. The van der Waals surface area contributed by atoms with Crippen LogP contribution in [-0.2, 0) is 11.8 Å². The Morgan fingerprint density at radius 3 is 2.30 bits per heavy atom. The standard InChI is InChI=1S/C20H29N5O2/c1-12-17(13(2)24(3)22-12)15-11-16(26)21-19-18(15)20(27)23-25(19)14-9-7-5-4-6-8-10-14/h14-15H,4-11H2,1-3H3,(H,21,26)(H,23,27)/t15-/m0/s1. The Morgan fingerprint density at radius 1 is 1.00 bits per heavy atom. The minimum absolute atomic E-state index is 0.0336. The molecular formula is C20H29N5O2. The number of hydrogen-bond acceptors (Lipinski definition) is 3. The smallest absolute Gasteiger partial charge is 0.270 e. The van der Waals surface area contributed by atoms with Crippen molar-refractivity contribution in [2.45, 2.75) is 77.2 Å². The van der Waals surface area contributed by atoms with Gasteiger partial charge in [-0.1, -0.05) is 32.1 Å². The zero-order valence-electron chi connectivity index (χ0n) is 16.5. The predicted octanol–water partition coefficient (Wildman–Crippen LogP) is 3.29. The highest BCUT2D eigenvalue weighted by molar-refractivity contribution is 5.94. The number of anilines is 1. The molecule has 1 aliphatic carbocycles. The van der Waals surface area contributed by atoms with Crippen LogP contribution in [0.1, 0.15) is 85.8 Å². The highest BCUT2D eigenvalue weighted by Gasteiger charge is 2.36. The van der Waals surface area contributed by atoms with E-state index < -0.39 is 0 Å². The molecule has 0 radical (unpaired) electrons. The second-order valence-electron chi connectivity index (χ2n) is 8.09. The summed E-state index contributed by atoms with van der Waals surface area (Å²) < 4.78 is 3.78. The lowest BCUT2D eigenvalue weighted by atomic mass is 9.85. The maximum absolute atomic E-state index is 12.9. The van der Waals surface area contributed by atoms with E-state index in [0.29, 0.717) is 11.4 Å². The second-order valence-corrected chi connectivity index (χ2v) is 8.09. The summed E-state index contributed by atoms with van der Waals surface area (Å²) in [5.41, 5.74) is 3.51. The summed E-state index contributed by atoms with van der Waals surface area (Å²) in [5, 5.41) is 10.6. The fourth-order valence-corrected chi connectivity index (χ4v) is 4.89. The fraction of sp³-hybridized carbons (Fsp3) is 0.650. The molecule has 1 fully saturated rings. The molecule has 0 aromatic carbocycles. The van der Waals surface area contributed by atoms with Crippen LogP contribution in [0.25, 0.3) is 0 Å². The molecule has 1 aliphatic heterocycles. The van der Waals surface area contributed by atoms with Crippen LogP contribution in [-0.4, -0.2) is 25.5 Å². The van der Waals surface area contributed by atoms with E-state index in [1.807, 2.05) is 30.3 Å². The number of carbonyl (C=O) groups excluding carboxylic acids is 1. The number of nitrogens with one attached hydrogen (secondary N) is 2. The topological polar surface area (TPSA) is 84.7 Å². The number of aromatic amines is 1. The molecule has 4 rings (SSSR count). The second kappa shape index (κ2) is 7.02. The molecule has 2 aliphatic rings. The number of amides is 1. The largest absolute Gasteiger partial charge is 0.311 e. The minimum Gasteiger partial charge on any atom is -0.311 e. The van der Waals surface area contributed by atoms with E-state index in [-0.39, 0.29) is 29.8 Å². The van der Waals surface area contributed by atoms with E-state index in [9.17, 15) is 9.59 Å². The first kappa shape index (κ1) is 18.1. The first-order chi connectivity index (χ1) is 13.0. The summed E-state index contributed by atoms with van der Waals surface area (Å²) in [6, 6.07) is 0.247. The van der Waals surface area contributed by atoms with Gasteiger partial charge in [-0.3, -0.25) is 24.1 Å². The number of aryl methyl sites for hydroxylation is 2. The Bertz CT molecular complexity index is 912. The van der Waals surface area contributed by atoms with E-state index in [4.69, 9.17) is 0 Å². The van der Waals surface area contributed by atoms with Crippen molar-refractivity contribution in [3.05, 3.63) is 32.9 Å². The van der Waals surface area contributed by atoms with E-state index >= 15 is 0 Å². The van der Waals surface area contributed by atoms with Crippen LogP contribution in [0, 0.1) is 13.8 Å². The van der Waals surface area contributed by atoms with Gasteiger partial charge in [0.05, 0.1) is 17.3 Å². The fourth-order valence-electron chi connectivity index (χ4n) is 4.89. The van der Waals surface area contributed by atoms with Gasteiger partial charge in [0.1, 0.15) is 5.82 Å². The number of rotatable bonds is 2. The number of aromatic nitrogens is 4. The Hall–Kier alpha value is -2.31. The molecule has 1 saturated carbocycles. The van der Waals surface area contributed by atoms with Gasteiger partial charge < -0.3 is 5.32 Å². The van der Waals surface area contributed by atoms with Crippen molar-refractivity contribution in [1.29, 1.82) is 0 Å². The molecule has 146 valence electrons. The van der Waals surface area contributed by atoms with E-state index in [0.717, 1.165) is 42.6 Å². The van der Waals surface area contributed by atoms with Crippen LogP contribution in [0.3, 0.4) is 0 Å². The Morgan fingerprint density at radius 2 is 1.67 bits per heavy atom. The lowest BCUT2D eigenvalue weighted by Crippen LogP contribution is -2.28. The van der Waals surface area contributed by atoms with Crippen molar-refractivity contribution in [3.63, 3.8) is 0 Å².